The zero-order chi connectivity index (χ0) is 19.4. The van der Waals surface area contributed by atoms with Crippen molar-refractivity contribution in [2.24, 2.45) is 0 Å². The number of benzene rings is 2. The minimum absolute atomic E-state index is 0.183. The predicted octanol–water partition coefficient (Wildman–Crippen LogP) is 3.34. The van der Waals surface area contributed by atoms with Crippen LogP contribution in [-0.2, 0) is 9.59 Å². The standard InChI is InChI=1S/C20H21ClN2O4/c1-13(24)22-18-16-5-3-6-17(21)19(16)23(20(18)25)11-4-12-27-15-9-7-14(26-2)8-10-15/h3,5-10,18H,4,11-12H2,1-2H3,(H,22,24)/t18-/m0/s1. The number of fused-ring (bicyclic) bond motifs is 1. The highest BCUT2D eigenvalue weighted by atomic mass is 35.5. The Hall–Kier alpha value is -2.73. The van der Waals surface area contributed by atoms with Gasteiger partial charge in [-0.15, -0.1) is 0 Å². The number of rotatable bonds is 7. The first-order chi connectivity index (χ1) is 13.0. The summed E-state index contributed by atoms with van der Waals surface area (Å²) in [6, 6.07) is 12.0. The normalized spacial score (nSPS) is 15.4. The van der Waals surface area contributed by atoms with E-state index < -0.39 is 6.04 Å². The van der Waals surface area contributed by atoms with Crippen molar-refractivity contribution < 1.29 is 19.1 Å². The molecule has 1 aliphatic rings. The lowest BCUT2D eigenvalue weighted by Gasteiger charge is -2.19. The number of halogens is 1. The number of ether oxygens (including phenoxy) is 2. The van der Waals surface area contributed by atoms with Crippen molar-refractivity contribution in [1.82, 2.24) is 5.32 Å². The van der Waals surface area contributed by atoms with Gasteiger partial charge < -0.3 is 19.7 Å². The molecule has 2 aromatic rings. The van der Waals surface area contributed by atoms with Gasteiger partial charge in [0.05, 0.1) is 24.4 Å². The average Bonchev–Trinajstić information content (AvgIpc) is 2.92. The van der Waals surface area contributed by atoms with Crippen LogP contribution < -0.4 is 19.7 Å². The predicted molar refractivity (Wildman–Crippen MR) is 103 cm³/mol. The van der Waals surface area contributed by atoms with E-state index in [9.17, 15) is 9.59 Å². The van der Waals surface area contributed by atoms with Gasteiger partial charge in [0.1, 0.15) is 17.5 Å². The highest BCUT2D eigenvalue weighted by molar-refractivity contribution is 6.34. The van der Waals surface area contributed by atoms with E-state index >= 15 is 0 Å². The summed E-state index contributed by atoms with van der Waals surface area (Å²) >= 11 is 6.32. The molecule has 0 saturated carbocycles. The molecular formula is C20H21ClN2O4. The van der Waals surface area contributed by atoms with Crippen LogP contribution in [0.5, 0.6) is 11.5 Å². The SMILES string of the molecule is COc1ccc(OCCCN2C(=O)[C@@H](NC(C)=O)c3cccc(Cl)c32)cc1. The van der Waals surface area contributed by atoms with Crippen LogP contribution in [-0.4, -0.2) is 32.1 Å². The summed E-state index contributed by atoms with van der Waals surface area (Å²) in [5, 5.41) is 3.19. The number of methoxy groups -OCH3 is 1. The van der Waals surface area contributed by atoms with Gasteiger partial charge in [-0.1, -0.05) is 23.7 Å². The Labute approximate surface area is 163 Å². The van der Waals surface area contributed by atoms with Gasteiger partial charge in [-0.25, -0.2) is 0 Å². The van der Waals surface area contributed by atoms with Crippen molar-refractivity contribution in [1.29, 1.82) is 0 Å². The fourth-order valence-corrected chi connectivity index (χ4v) is 3.38. The maximum atomic E-state index is 12.8. The highest BCUT2D eigenvalue weighted by Crippen LogP contribution is 2.41. The third-order valence-electron chi connectivity index (χ3n) is 4.31. The zero-order valence-electron chi connectivity index (χ0n) is 15.2. The molecule has 142 valence electrons. The van der Waals surface area contributed by atoms with Gasteiger partial charge in [-0.05, 0) is 36.8 Å². The van der Waals surface area contributed by atoms with Crippen LogP contribution in [0.3, 0.4) is 0 Å². The Morgan fingerprint density at radius 2 is 1.89 bits per heavy atom. The molecule has 1 heterocycles. The van der Waals surface area contributed by atoms with Crippen molar-refractivity contribution in [3.05, 3.63) is 53.1 Å². The first kappa shape index (κ1) is 19.0. The number of para-hydroxylation sites is 1. The second-order valence-electron chi connectivity index (χ2n) is 6.18. The third kappa shape index (κ3) is 4.17. The number of hydrogen-bond acceptors (Lipinski definition) is 4. The van der Waals surface area contributed by atoms with Gasteiger partial charge in [0, 0.05) is 19.0 Å². The smallest absolute Gasteiger partial charge is 0.254 e. The number of amides is 2. The van der Waals surface area contributed by atoms with Crippen LogP contribution in [0.1, 0.15) is 24.9 Å². The van der Waals surface area contributed by atoms with E-state index in [4.69, 9.17) is 21.1 Å². The Bertz CT molecular complexity index is 838. The molecule has 0 radical (unpaired) electrons. The fraction of sp³-hybridized carbons (Fsp3) is 0.300. The number of carbonyl (C=O) groups excluding carboxylic acids is 2. The summed E-state index contributed by atoms with van der Waals surface area (Å²) in [5.74, 6) is 1.06. The molecule has 0 fully saturated rings. The molecule has 1 N–H and O–H groups in total. The van der Waals surface area contributed by atoms with Crippen LogP contribution in [0.15, 0.2) is 42.5 Å². The van der Waals surface area contributed by atoms with E-state index in [1.165, 1.54) is 6.92 Å². The van der Waals surface area contributed by atoms with Crippen molar-refractivity contribution in [2.45, 2.75) is 19.4 Å². The summed E-state index contributed by atoms with van der Waals surface area (Å²) in [5.41, 5.74) is 1.38. The molecule has 0 bridgehead atoms. The molecule has 2 amide bonds. The third-order valence-corrected chi connectivity index (χ3v) is 4.62. The molecule has 0 aromatic heterocycles. The maximum Gasteiger partial charge on any atom is 0.254 e. The van der Waals surface area contributed by atoms with E-state index in [1.807, 2.05) is 30.3 Å². The van der Waals surface area contributed by atoms with E-state index in [0.717, 1.165) is 17.1 Å². The van der Waals surface area contributed by atoms with E-state index in [1.54, 1.807) is 24.1 Å². The van der Waals surface area contributed by atoms with Gasteiger partial charge >= 0.3 is 0 Å². The minimum Gasteiger partial charge on any atom is -0.497 e. The number of carbonyl (C=O) groups is 2. The molecule has 6 nitrogen and oxygen atoms in total. The molecule has 1 atom stereocenters. The quantitative estimate of drug-likeness (QED) is 0.739. The summed E-state index contributed by atoms with van der Waals surface area (Å²) in [6.07, 6.45) is 0.620. The zero-order valence-corrected chi connectivity index (χ0v) is 16.0. The Morgan fingerprint density at radius 1 is 1.19 bits per heavy atom. The monoisotopic (exact) mass is 388 g/mol. The largest absolute Gasteiger partial charge is 0.497 e. The average molecular weight is 389 g/mol. The van der Waals surface area contributed by atoms with Crippen LogP contribution in [0.25, 0.3) is 0 Å². The lowest BCUT2D eigenvalue weighted by atomic mass is 10.1. The van der Waals surface area contributed by atoms with Crippen molar-refractivity contribution in [2.75, 3.05) is 25.2 Å². The molecule has 1 aliphatic heterocycles. The summed E-state index contributed by atoms with van der Waals surface area (Å²) in [7, 11) is 1.61. The number of anilines is 1. The number of hydrogen-bond donors (Lipinski definition) is 1. The summed E-state index contributed by atoms with van der Waals surface area (Å²) < 4.78 is 10.8. The van der Waals surface area contributed by atoms with E-state index in [0.29, 0.717) is 30.3 Å². The first-order valence-corrected chi connectivity index (χ1v) is 9.03. The summed E-state index contributed by atoms with van der Waals surface area (Å²) in [4.78, 5) is 25.9. The maximum absolute atomic E-state index is 12.8. The van der Waals surface area contributed by atoms with Gasteiger partial charge in [-0.3, -0.25) is 9.59 Å². The number of nitrogens with one attached hydrogen (secondary N) is 1. The Morgan fingerprint density at radius 3 is 2.56 bits per heavy atom. The molecule has 0 spiro atoms. The molecule has 2 aromatic carbocycles. The summed E-state index contributed by atoms with van der Waals surface area (Å²) in [6.45, 7) is 2.28. The molecule has 0 aliphatic carbocycles. The molecule has 7 heteroatoms. The minimum atomic E-state index is -0.696. The lowest BCUT2D eigenvalue weighted by molar-refractivity contribution is -0.126. The van der Waals surface area contributed by atoms with Gasteiger partial charge in [-0.2, -0.15) is 0 Å². The van der Waals surface area contributed by atoms with Crippen LogP contribution in [0, 0.1) is 0 Å². The van der Waals surface area contributed by atoms with Crippen molar-refractivity contribution in [3.63, 3.8) is 0 Å². The molecule has 27 heavy (non-hydrogen) atoms. The second kappa shape index (κ2) is 8.31. The Balaban J connectivity index is 1.64. The van der Waals surface area contributed by atoms with Crippen LogP contribution in [0.4, 0.5) is 5.69 Å². The van der Waals surface area contributed by atoms with E-state index in [2.05, 4.69) is 5.32 Å². The molecule has 0 saturated heterocycles. The molecule has 0 unspecified atom stereocenters. The van der Waals surface area contributed by atoms with Gasteiger partial charge in [0.2, 0.25) is 5.91 Å². The van der Waals surface area contributed by atoms with Gasteiger partial charge in [0.25, 0.3) is 5.91 Å². The highest BCUT2D eigenvalue weighted by Gasteiger charge is 2.38. The molecular weight excluding hydrogens is 368 g/mol. The van der Waals surface area contributed by atoms with Crippen molar-refractivity contribution >= 4 is 29.1 Å². The molecule has 3 rings (SSSR count). The van der Waals surface area contributed by atoms with Crippen LogP contribution >= 0.6 is 11.6 Å². The number of nitrogens with zero attached hydrogens (tertiary/aromatic N) is 1. The lowest BCUT2D eigenvalue weighted by Crippen LogP contribution is -2.37. The second-order valence-corrected chi connectivity index (χ2v) is 6.59. The first-order valence-electron chi connectivity index (χ1n) is 8.65. The van der Waals surface area contributed by atoms with Crippen LogP contribution in [0.2, 0.25) is 5.02 Å². The van der Waals surface area contributed by atoms with E-state index in [-0.39, 0.29) is 11.8 Å². The van der Waals surface area contributed by atoms with Crippen molar-refractivity contribution in [3.8, 4) is 11.5 Å². The topological polar surface area (TPSA) is 67.9 Å². The van der Waals surface area contributed by atoms with Gasteiger partial charge in [0.15, 0.2) is 0 Å². The Kier molecular flexibility index (Phi) is 5.86. The fourth-order valence-electron chi connectivity index (χ4n) is 3.10.